The van der Waals surface area contributed by atoms with Crippen molar-refractivity contribution in [1.82, 2.24) is 9.55 Å². The molecule has 0 aliphatic rings. The second-order valence-corrected chi connectivity index (χ2v) is 6.06. The highest BCUT2D eigenvalue weighted by Gasteiger charge is 2.16. The second-order valence-electron chi connectivity index (χ2n) is 5.25. The Bertz CT molecular complexity index is 618. The fourth-order valence-electron chi connectivity index (χ4n) is 2.21. The van der Waals surface area contributed by atoms with Gasteiger partial charge in [0.2, 0.25) is 0 Å². The lowest BCUT2D eigenvalue weighted by Gasteiger charge is -2.11. The van der Waals surface area contributed by atoms with Crippen molar-refractivity contribution in [2.45, 2.75) is 33.7 Å². The van der Waals surface area contributed by atoms with E-state index in [0.717, 1.165) is 30.0 Å². The zero-order valence-corrected chi connectivity index (χ0v) is 13.5. The summed E-state index contributed by atoms with van der Waals surface area (Å²) < 4.78 is 2.09. The van der Waals surface area contributed by atoms with Crippen LogP contribution in [0.5, 0.6) is 0 Å². The highest BCUT2D eigenvalue weighted by atomic mass is 35.5. The topological polar surface area (TPSA) is 43.8 Å². The number of nitrogen functional groups attached to an aromatic ring is 1. The lowest BCUT2D eigenvalue weighted by atomic mass is 10.1. The molecule has 5 heteroatoms. The Morgan fingerprint density at radius 2 is 1.95 bits per heavy atom. The number of nitrogens with zero attached hydrogens (tertiary/aromatic N) is 2. The summed E-state index contributed by atoms with van der Waals surface area (Å²) >= 11 is 12.0. The lowest BCUT2D eigenvalue weighted by Crippen LogP contribution is -2.10. The summed E-state index contributed by atoms with van der Waals surface area (Å²) in [6.45, 7) is 7.27. The van der Waals surface area contributed by atoms with Crippen molar-refractivity contribution in [3.05, 3.63) is 34.1 Å². The second kappa shape index (κ2) is 6.06. The molecule has 2 aromatic rings. The molecule has 0 spiro atoms. The first-order valence-electron chi connectivity index (χ1n) is 6.74. The molecule has 0 aliphatic heterocycles. The summed E-state index contributed by atoms with van der Waals surface area (Å²) in [6, 6.07) is 5.47. The third kappa shape index (κ3) is 2.94. The first-order valence-corrected chi connectivity index (χ1v) is 7.49. The van der Waals surface area contributed by atoms with Crippen molar-refractivity contribution < 1.29 is 0 Å². The van der Waals surface area contributed by atoms with Crippen LogP contribution in [0.3, 0.4) is 0 Å². The van der Waals surface area contributed by atoms with E-state index in [2.05, 4.69) is 30.3 Å². The Morgan fingerprint density at radius 3 is 2.50 bits per heavy atom. The van der Waals surface area contributed by atoms with E-state index in [1.807, 2.05) is 12.1 Å². The number of halogens is 2. The van der Waals surface area contributed by atoms with Gasteiger partial charge in [0.05, 0.1) is 10.0 Å². The molecule has 0 unspecified atom stereocenters. The average molecular weight is 312 g/mol. The van der Waals surface area contributed by atoms with Crippen LogP contribution in [0.25, 0.3) is 11.3 Å². The summed E-state index contributed by atoms with van der Waals surface area (Å²) in [6.07, 6.45) is 0.845. The summed E-state index contributed by atoms with van der Waals surface area (Å²) in [4.78, 5) is 4.66. The van der Waals surface area contributed by atoms with E-state index in [9.17, 15) is 0 Å². The van der Waals surface area contributed by atoms with E-state index in [1.54, 1.807) is 6.07 Å². The van der Waals surface area contributed by atoms with Crippen LogP contribution in [0, 0.1) is 5.92 Å². The Kier molecular flexibility index (Phi) is 4.61. The van der Waals surface area contributed by atoms with Gasteiger partial charge in [-0.1, -0.05) is 50.0 Å². The van der Waals surface area contributed by atoms with Crippen LogP contribution in [0.15, 0.2) is 18.2 Å². The summed E-state index contributed by atoms with van der Waals surface area (Å²) in [5.74, 6) is 2.20. The van der Waals surface area contributed by atoms with Crippen LogP contribution in [0.4, 0.5) is 5.82 Å². The average Bonchev–Trinajstić information content (AvgIpc) is 2.70. The Labute approximate surface area is 129 Å². The van der Waals surface area contributed by atoms with Gasteiger partial charge < -0.3 is 10.3 Å². The first kappa shape index (κ1) is 15.2. The highest BCUT2D eigenvalue weighted by Crippen LogP contribution is 2.32. The molecule has 1 aromatic heterocycles. The van der Waals surface area contributed by atoms with Gasteiger partial charge in [-0.05, 0) is 18.1 Å². The maximum absolute atomic E-state index is 6.27. The maximum atomic E-state index is 6.27. The summed E-state index contributed by atoms with van der Waals surface area (Å²) in [5.41, 5.74) is 7.95. The molecule has 0 atom stereocenters. The molecule has 0 aliphatic carbocycles. The van der Waals surface area contributed by atoms with Crippen LogP contribution < -0.4 is 5.73 Å². The molecule has 1 aromatic carbocycles. The van der Waals surface area contributed by atoms with Crippen molar-refractivity contribution >= 4 is 29.0 Å². The van der Waals surface area contributed by atoms with Crippen LogP contribution in [0.2, 0.25) is 10.0 Å². The van der Waals surface area contributed by atoms with Crippen LogP contribution >= 0.6 is 23.2 Å². The number of rotatable bonds is 4. The van der Waals surface area contributed by atoms with Crippen molar-refractivity contribution in [1.29, 1.82) is 0 Å². The molecule has 20 heavy (non-hydrogen) atoms. The number of benzene rings is 1. The van der Waals surface area contributed by atoms with Gasteiger partial charge in [0, 0.05) is 18.5 Å². The van der Waals surface area contributed by atoms with Crippen LogP contribution in [-0.2, 0) is 13.0 Å². The molecule has 1 heterocycles. The number of aryl methyl sites for hydroxylation is 1. The molecular formula is C15H19Cl2N3. The minimum Gasteiger partial charge on any atom is -0.383 e. The standard InChI is InChI=1S/C15H19Cl2N3/c1-4-13-19-14(15(18)20(13)8-9(2)3)10-5-6-11(16)12(17)7-10/h5-7,9H,4,8,18H2,1-3H3. The van der Waals surface area contributed by atoms with Gasteiger partial charge in [0.1, 0.15) is 17.3 Å². The monoisotopic (exact) mass is 311 g/mol. The number of aromatic nitrogens is 2. The SMILES string of the molecule is CCc1nc(-c2ccc(Cl)c(Cl)c2)c(N)n1CC(C)C. The van der Waals surface area contributed by atoms with Gasteiger partial charge in [-0.25, -0.2) is 4.98 Å². The first-order chi connectivity index (χ1) is 9.43. The minimum atomic E-state index is 0.512. The number of hydrogen-bond donors (Lipinski definition) is 1. The zero-order chi connectivity index (χ0) is 14.9. The van der Waals surface area contributed by atoms with E-state index in [0.29, 0.717) is 21.8 Å². The van der Waals surface area contributed by atoms with Gasteiger partial charge in [0.25, 0.3) is 0 Å². The number of imidazole rings is 1. The predicted molar refractivity (Wildman–Crippen MR) is 86.3 cm³/mol. The maximum Gasteiger partial charge on any atom is 0.131 e. The third-order valence-electron chi connectivity index (χ3n) is 3.14. The van der Waals surface area contributed by atoms with E-state index in [4.69, 9.17) is 28.9 Å². The third-order valence-corrected chi connectivity index (χ3v) is 3.88. The van der Waals surface area contributed by atoms with Gasteiger partial charge >= 0.3 is 0 Å². The largest absolute Gasteiger partial charge is 0.383 e. The summed E-state index contributed by atoms with van der Waals surface area (Å²) in [5, 5.41) is 1.05. The van der Waals surface area contributed by atoms with Gasteiger partial charge in [-0.15, -0.1) is 0 Å². The quantitative estimate of drug-likeness (QED) is 0.892. The normalized spacial score (nSPS) is 11.3. The fourth-order valence-corrected chi connectivity index (χ4v) is 2.51. The van der Waals surface area contributed by atoms with Crippen molar-refractivity contribution in [2.75, 3.05) is 5.73 Å². The Hall–Kier alpha value is -1.19. The molecular weight excluding hydrogens is 293 g/mol. The van der Waals surface area contributed by atoms with Gasteiger partial charge in [-0.2, -0.15) is 0 Å². The molecule has 3 nitrogen and oxygen atoms in total. The van der Waals surface area contributed by atoms with Gasteiger partial charge in [-0.3, -0.25) is 0 Å². The molecule has 2 rings (SSSR count). The highest BCUT2D eigenvalue weighted by molar-refractivity contribution is 6.42. The van der Waals surface area contributed by atoms with Crippen molar-refractivity contribution in [3.63, 3.8) is 0 Å². The minimum absolute atomic E-state index is 0.512. The summed E-state index contributed by atoms with van der Waals surface area (Å²) in [7, 11) is 0. The molecule has 2 N–H and O–H groups in total. The number of nitrogens with two attached hydrogens (primary N) is 1. The van der Waals surface area contributed by atoms with E-state index in [-0.39, 0.29) is 0 Å². The number of hydrogen-bond acceptors (Lipinski definition) is 2. The Morgan fingerprint density at radius 1 is 1.25 bits per heavy atom. The molecule has 0 bridgehead atoms. The number of anilines is 1. The molecule has 0 fully saturated rings. The molecule has 108 valence electrons. The lowest BCUT2D eigenvalue weighted by molar-refractivity contribution is 0.513. The molecule has 0 saturated heterocycles. The Balaban J connectivity index is 2.51. The van der Waals surface area contributed by atoms with Gasteiger partial charge in [0.15, 0.2) is 0 Å². The molecule has 0 amide bonds. The van der Waals surface area contributed by atoms with Crippen LogP contribution in [-0.4, -0.2) is 9.55 Å². The van der Waals surface area contributed by atoms with E-state index >= 15 is 0 Å². The molecule has 0 radical (unpaired) electrons. The van der Waals surface area contributed by atoms with E-state index in [1.165, 1.54) is 0 Å². The predicted octanol–water partition coefficient (Wildman–Crippen LogP) is 4.66. The fraction of sp³-hybridized carbons (Fsp3) is 0.400. The molecule has 0 saturated carbocycles. The van der Waals surface area contributed by atoms with Crippen LogP contribution in [0.1, 0.15) is 26.6 Å². The smallest absolute Gasteiger partial charge is 0.131 e. The van der Waals surface area contributed by atoms with Crippen molar-refractivity contribution in [3.8, 4) is 11.3 Å². The van der Waals surface area contributed by atoms with Crippen molar-refractivity contribution in [2.24, 2.45) is 5.92 Å². The van der Waals surface area contributed by atoms with E-state index < -0.39 is 0 Å². The zero-order valence-electron chi connectivity index (χ0n) is 12.0.